The van der Waals surface area contributed by atoms with E-state index in [1.165, 1.54) is 26.4 Å². The molecule has 154 valence electrons. The number of hydrogen-bond acceptors (Lipinski definition) is 6. The van der Waals surface area contributed by atoms with Gasteiger partial charge in [-0.1, -0.05) is 0 Å². The van der Waals surface area contributed by atoms with Gasteiger partial charge < -0.3 is 24.4 Å². The Morgan fingerprint density at radius 2 is 1.93 bits per heavy atom. The Morgan fingerprint density at radius 3 is 2.66 bits per heavy atom. The molecule has 2 heterocycles. The number of halogens is 1. The molecule has 0 radical (unpaired) electrons. The molecular weight excluding hydrogens is 375 g/mol. The van der Waals surface area contributed by atoms with Gasteiger partial charge in [0.1, 0.15) is 17.7 Å². The third kappa shape index (κ3) is 3.74. The molecule has 0 spiro atoms. The molecule has 2 aliphatic rings. The lowest BCUT2D eigenvalue weighted by Gasteiger charge is -2.34. The Morgan fingerprint density at radius 1 is 1.17 bits per heavy atom. The lowest BCUT2D eigenvalue weighted by Crippen LogP contribution is -2.49. The van der Waals surface area contributed by atoms with Crippen molar-refractivity contribution < 1.29 is 23.4 Å². The van der Waals surface area contributed by atoms with Crippen LogP contribution in [0, 0.1) is 5.82 Å². The first-order valence-corrected chi connectivity index (χ1v) is 9.73. The lowest BCUT2D eigenvalue weighted by atomic mass is 9.95. The van der Waals surface area contributed by atoms with Gasteiger partial charge in [0, 0.05) is 43.0 Å². The second-order valence-corrected chi connectivity index (χ2v) is 7.44. The number of fused-ring (bicyclic) bond motifs is 1. The molecule has 2 aliphatic heterocycles. The van der Waals surface area contributed by atoms with Gasteiger partial charge in [-0.25, -0.2) is 4.39 Å². The summed E-state index contributed by atoms with van der Waals surface area (Å²) in [5.41, 5.74) is 1.83. The Hall–Kier alpha value is -2.80. The summed E-state index contributed by atoms with van der Waals surface area (Å²) in [7, 11) is 2.94. The fourth-order valence-electron chi connectivity index (χ4n) is 3.97. The Labute approximate surface area is 169 Å². The number of nitrogens with zero attached hydrogens (tertiary/aromatic N) is 1. The van der Waals surface area contributed by atoms with Crippen LogP contribution in [0.2, 0.25) is 0 Å². The molecule has 2 atom stereocenters. The molecule has 1 N–H and O–H groups in total. The zero-order chi connectivity index (χ0) is 20.5. The predicted octanol–water partition coefficient (Wildman–Crippen LogP) is 3.35. The van der Waals surface area contributed by atoms with E-state index in [4.69, 9.17) is 14.2 Å². The van der Waals surface area contributed by atoms with Crippen LogP contribution in [-0.4, -0.2) is 45.7 Å². The van der Waals surface area contributed by atoms with E-state index in [9.17, 15) is 9.18 Å². The van der Waals surface area contributed by atoms with Gasteiger partial charge in [0.2, 0.25) is 0 Å². The predicted molar refractivity (Wildman–Crippen MR) is 108 cm³/mol. The molecule has 0 saturated carbocycles. The zero-order valence-electron chi connectivity index (χ0n) is 16.8. The summed E-state index contributed by atoms with van der Waals surface area (Å²) in [6.07, 6.45) is -0.638. The highest BCUT2D eigenvalue weighted by molar-refractivity contribution is 6.01. The number of hydrogen-bond donors (Lipinski definition) is 1. The van der Waals surface area contributed by atoms with Crippen molar-refractivity contribution in [2.75, 3.05) is 38.8 Å². The molecule has 1 saturated heterocycles. The van der Waals surface area contributed by atoms with E-state index in [0.29, 0.717) is 28.9 Å². The molecular formula is C22H25FN2O4. The Balaban J connectivity index is 1.62. The molecule has 1 unspecified atom stereocenters. The molecule has 4 rings (SSSR count). The number of benzene rings is 2. The molecule has 0 aliphatic carbocycles. The fraction of sp³-hybridized carbons (Fsp3) is 0.409. The van der Waals surface area contributed by atoms with Crippen LogP contribution in [0.4, 0.5) is 10.1 Å². The minimum Gasteiger partial charge on any atom is -0.493 e. The van der Waals surface area contributed by atoms with Crippen molar-refractivity contribution in [2.24, 2.45) is 0 Å². The number of anilines is 1. The zero-order valence-corrected chi connectivity index (χ0v) is 16.8. The first kappa shape index (κ1) is 19.5. The number of Topliss-reactive ketones (excluding diaryl/α,β-unsaturated/α-hetero) is 1. The molecule has 6 nitrogen and oxygen atoms in total. The largest absolute Gasteiger partial charge is 0.493 e. The van der Waals surface area contributed by atoms with Crippen LogP contribution >= 0.6 is 0 Å². The standard InChI is InChI=1S/C22H25FN2O4/c1-13-12-25(7-6-24-13)14-4-5-19-16(8-14)18(26)11-20(29-19)15-9-21(27-2)22(28-3)10-17(15)23/h4-5,8-10,13,20,24H,6-7,11-12H2,1-3H3/t13-,20?/m0/s1. The molecule has 1 fully saturated rings. The van der Waals surface area contributed by atoms with Crippen LogP contribution in [-0.2, 0) is 0 Å². The topological polar surface area (TPSA) is 60.0 Å². The first-order valence-electron chi connectivity index (χ1n) is 9.73. The van der Waals surface area contributed by atoms with Gasteiger partial charge in [-0.05, 0) is 31.2 Å². The maximum atomic E-state index is 14.6. The number of carbonyl (C=O) groups is 1. The van der Waals surface area contributed by atoms with Crippen molar-refractivity contribution in [3.8, 4) is 17.2 Å². The molecule has 0 aromatic heterocycles. The summed E-state index contributed by atoms with van der Waals surface area (Å²) in [6.45, 7) is 4.81. The van der Waals surface area contributed by atoms with E-state index in [-0.39, 0.29) is 17.8 Å². The summed E-state index contributed by atoms with van der Waals surface area (Å²) in [6, 6.07) is 8.83. The summed E-state index contributed by atoms with van der Waals surface area (Å²) < 4.78 is 31.1. The average Bonchev–Trinajstić information content (AvgIpc) is 2.73. The summed E-state index contributed by atoms with van der Waals surface area (Å²) in [4.78, 5) is 15.1. The normalized spacial score (nSPS) is 21.4. The van der Waals surface area contributed by atoms with E-state index in [0.717, 1.165) is 25.3 Å². The van der Waals surface area contributed by atoms with E-state index < -0.39 is 11.9 Å². The second-order valence-electron chi connectivity index (χ2n) is 7.44. The van der Waals surface area contributed by atoms with Gasteiger partial charge in [0.05, 0.1) is 26.2 Å². The second kappa shape index (κ2) is 7.91. The van der Waals surface area contributed by atoms with Gasteiger partial charge in [-0.15, -0.1) is 0 Å². The van der Waals surface area contributed by atoms with Crippen molar-refractivity contribution in [1.29, 1.82) is 0 Å². The number of piperazine rings is 1. The maximum Gasteiger partial charge on any atom is 0.170 e. The molecule has 29 heavy (non-hydrogen) atoms. The first-order chi connectivity index (χ1) is 14.0. The van der Waals surface area contributed by atoms with Crippen molar-refractivity contribution in [3.63, 3.8) is 0 Å². The third-order valence-corrected chi connectivity index (χ3v) is 5.49. The minimum atomic E-state index is -0.708. The molecule has 7 heteroatoms. The highest BCUT2D eigenvalue weighted by Gasteiger charge is 2.31. The van der Waals surface area contributed by atoms with E-state index in [1.807, 2.05) is 12.1 Å². The highest BCUT2D eigenvalue weighted by atomic mass is 19.1. The lowest BCUT2D eigenvalue weighted by molar-refractivity contribution is 0.0845. The number of carbonyl (C=O) groups excluding carboxylic acids is 1. The van der Waals surface area contributed by atoms with Gasteiger partial charge >= 0.3 is 0 Å². The minimum absolute atomic E-state index is 0.0598. The van der Waals surface area contributed by atoms with Crippen molar-refractivity contribution in [2.45, 2.75) is 25.5 Å². The number of ketones is 1. The molecule has 0 amide bonds. The van der Waals surface area contributed by atoms with E-state index in [1.54, 1.807) is 6.07 Å². The summed E-state index contributed by atoms with van der Waals surface area (Å²) >= 11 is 0. The van der Waals surface area contributed by atoms with Crippen LogP contribution in [0.3, 0.4) is 0 Å². The summed E-state index contributed by atoms with van der Waals surface area (Å²) in [5.74, 6) is 0.623. The van der Waals surface area contributed by atoms with Gasteiger partial charge in [0.15, 0.2) is 17.3 Å². The van der Waals surface area contributed by atoms with Gasteiger partial charge in [-0.3, -0.25) is 4.79 Å². The van der Waals surface area contributed by atoms with Crippen molar-refractivity contribution >= 4 is 11.5 Å². The van der Waals surface area contributed by atoms with Crippen molar-refractivity contribution in [1.82, 2.24) is 5.32 Å². The number of nitrogens with one attached hydrogen (secondary N) is 1. The highest BCUT2D eigenvalue weighted by Crippen LogP contribution is 2.40. The number of methoxy groups -OCH3 is 2. The maximum absolute atomic E-state index is 14.6. The van der Waals surface area contributed by atoms with Gasteiger partial charge in [-0.2, -0.15) is 0 Å². The molecule has 0 bridgehead atoms. The van der Waals surface area contributed by atoms with E-state index in [2.05, 4.69) is 17.1 Å². The van der Waals surface area contributed by atoms with Crippen LogP contribution in [0.15, 0.2) is 30.3 Å². The van der Waals surface area contributed by atoms with Crippen LogP contribution in [0.25, 0.3) is 0 Å². The Kier molecular flexibility index (Phi) is 5.32. The fourth-order valence-corrected chi connectivity index (χ4v) is 3.97. The summed E-state index contributed by atoms with van der Waals surface area (Å²) in [5, 5.41) is 3.41. The van der Waals surface area contributed by atoms with Crippen LogP contribution in [0.5, 0.6) is 17.2 Å². The molecule has 2 aromatic carbocycles. The number of ether oxygens (including phenoxy) is 3. The van der Waals surface area contributed by atoms with Crippen LogP contribution in [0.1, 0.15) is 35.4 Å². The smallest absolute Gasteiger partial charge is 0.170 e. The SMILES string of the molecule is COc1cc(F)c(C2CC(=O)c3cc(N4CCN[C@@H](C)C4)ccc3O2)cc1OC. The average molecular weight is 400 g/mol. The third-order valence-electron chi connectivity index (χ3n) is 5.49. The van der Waals surface area contributed by atoms with Crippen molar-refractivity contribution in [3.05, 3.63) is 47.3 Å². The van der Waals surface area contributed by atoms with E-state index >= 15 is 0 Å². The Bertz CT molecular complexity index is 933. The monoisotopic (exact) mass is 400 g/mol. The molecule has 2 aromatic rings. The van der Waals surface area contributed by atoms with Gasteiger partial charge in [0.25, 0.3) is 0 Å². The number of rotatable bonds is 4. The van der Waals surface area contributed by atoms with Crippen LogP contribution < -0.4 is 24.4 Å². The quantitative estimate of drug-likeness (QED) is 0.850.